The summed E-state index contributed by atoms with van der Waals surface area (Å²) in [6.07, 6.45) is 7.87. The summed E-state index contributed by atoms with van der Waals surface area (Å²) in [6.45, 7) is 12.7. The number of benzene rings is 3. The number of ether oxygens (including phenoxy) is 1. The number of imidazole rings is 1. The lowest BCUT2D eigenvalue weighted by atomic mass is 9.83. The highest BCUT2D eigenvalue weighted by molar-refractivity contribution is 7.94. The van der Waals surface area contributed by atoms with Crippen molar-refractivity contribution in [1.82, 2.24) is 38.5 Å². The fourth-order valence-electron chi connectivity index (χ4n) is 11.1. The topological polar surface area (TPSA) is 168 Å². The van der Waals surface area contributed by atoms with E-state index in [0.29, 0.717) is 82.0 Å². The Bertz CT molecular complexity index is 3390. The zero-order valence-electron chi connectivity index (χ0n) is 38.7. The van der Waals surface area contributed by atoms with Gasteiger partial charge < -0.3 is 14.2 Å². The number of hydrogen-bond acceptors (Lipinski definition) is 9. The van der Waals surface area contributed by atoms with E-state index in [1.54, 1.807) is 74.4 Å². The van der Waals surface area contributed by atoms with E-state index in [4.69, 9.17) is 14.4 Å². The molecule has 67 heavy (non-hydrogen) atoms. The highest BCUT2D eigenvalue weighted by Gasteiger charge is 2.59. The first-order valence-electron chi connectivity index (χ1n) is 23.1. The van der Waals surface area contributed by atoms with Gasteiger partial charge in [0.05, 0.1) is 38.4 Å². The predicted octanol–water partition coefficient (Wildman–Crippen LogP) is 8.04. The van der Waals surface area contributed by atoms with Gasteiger partial charge >= 0.3 is 11.4 Å². The first-order valence-corrected chi connectivity index (χ1v) is 24.7. The summed E-state index contributed by atoms with van der Waals surface area (Å²) in [5.41, 5.74) is 4.38. The first kappa shape index (κ1) is 43.3. The molecule has 4 aromatic heterocycles. The number of nitrogens with zero attached hydrogens (tertiary/aromatic N) is 8. The van der Waals surface area contributed by atoms with Crippen LogP contribution < -0.4 is 11.4 Å². The minimum Gasteiger partial charge on any atom is -0.376 e. The van der Waals surface area contributed by atoms with Gasteiger partial charge in [0.15, 0.2) is 5.82 Å². The molecule has 0 bridgehead atoms. The van der Waals surface area contributed by atoms with Crippen molar-refractivity contribution in [2.45, 2.75) is 113 Å². The van der Waals surface area contributed by atoms with E-state index in [1.807, 2.05) is 22.5 Å². The number of fused-ring (bicyclic) bond motifs is 2. The number of aromatic amines is 1. The average molecular weight is 928 g/mol. The number of aromatic nitrogens is 7. The Balaban J connectivity index is 1.03. The van der Waals surface area contributed by atoms with Crippen LogP contribution in [0.4, 0.5) is 4.39 Å². The van der Waals surface area contributed by atoms with E-state index >= 15 is 9.18 Å². The van der Waals surface area contributed by atoms with E-state index in [2.05, 4.69) is 53.5 Å². The number of carbonyl (C=O) groups is 1. The maximum atomic E-state index is 15.6. The number of aryl methyl sites for hydroxylation is 2. The van der Waals surface area contributed by atoms with Crippen LogP contribution in [0.5, 0.6) is 0 Å². The molecule has 17 heteroatoms. The molecule has 7 aromatic rings. The third kappa shape index (κ3) is 6.81. The number of nitrogens with one attached hydrogen (secondary N) is 1. The van der Waals surface area contributed by atoms with Crippen LogP contribution in [0.1, 0.15) is 116 Å². The molecule has 3 aromatic carbocycles. The van der Waals surface area contributed by atoms with E-state index in [0.717, 1.165) is 36.6 Å². The molecular weight excluding hydrogens is 874 g/mol. The lowest BCUT2D eigenvalue weighted by Crippen LogP contribution is -2.41. The van der Waals surface area contributed by atoms with E-state index in [9.17, 15) is 13.8 Å². The molecule has 0 radical (unpaired) electrons. The van der Waals surface area contributed by atoms with Crippen molar-refractivity contribution in [2.24, 2.45) is 10.3 Å². The largest absolute Gasteiger partial charge is 0.438 e. The third-order valence-corrected chi connectivity index (χ3v) is 17.7. The monoisotopic (exact) mass is 927 g/mol. The zero-order chi connectivity index (χ0) is 46.9. The second-order valence-corrected chi connectivity index (χ2v) is 22.3. The van der Waals surface area contributed by atoms with Crippen LogP contribution in [0, 0.1) is 25.6 Å². The summed E-state index contributed by atoms with van der Waals surface area (Å²) >= 11 is 0. The fraction of sp³-hybridized carbons (Fsp3) is 0.420. The summed E-state index contributed by atoms with van der Waals surface area (Å²) in [4.78, 5) is 48.1. The van der Waals surface area contributed by atoms with Crippen LogP contribution in [0.3, 0.4) is 0 Å². The summed E-state index contributed by atoms with van der Waals surface area (Å²) < 4.78 is 51.1. The third-order valence-electron chi connectivity index (χ3n) is 14.8. The number of H-pyrrole nitrogens is 1. The maximum Gasteiger partial charge on any atom is 0.438 e. The van der Waals surface area contributed by atoms with Crippen molar-refractivity contribution >= 4 is 26.5 Å². The van der Waals surface area contributed by atoms with Gasteiger partial charge in [-0.3, -0.25) is 23.4 Å². The van der Waals surface area contributed by atoms with Crippen molar-refractivity contribution in [3.8, 4) is 17.2 Å². The van der Waals surface area contributed by atoms with Gasteiger partial charge in [-0.1, -0.05) is 18.1 Å². The molecule has 6 heterocycles. The van der Waals surface area contributed by atoms with E-state index in [1.165, 1.54) is 14.7 Å². The summed E-state index contributed by atoms with van der Waals surface area (Å²) in [6, 6.07) is 18.3. The highest BCUT2D eigenvalue weighted by atomic mass is 32.2. The maximum absolute atomic E-state index is 15.6. The van der Waals surface area contributed by atoms with Crippen LogP contribution in [0.15, 0.2) is 96.4 Å². The second-order valence-electron chi connectivity index (χ2n) is 19.6. The summed E-state index contributed by atoms with van der Waals surface area (Å²) in [5, 5.41) is 10.2. The lowest BCUT2D eigenvalue weighted by molar-refractivity contribution is -0.0592. The smallest absolute Gasteiger partial charge is 0.376 e. The van der Waals surface area contributed by atoms with E-state index in [-0.39, 0.29) is 40.1 Å². The van der Waals surface area contributed by atoms with Crippen LogP contribution in [-0.2, 0) is 26.4 Å². The number of carbonyl (C=O) groups excluding carboxylic acids is 1. The number of halogens is 1. The Kier molecular flexibility index (Phi) is 9.91. The van der Waals surface area contributed by atoms with Gasteiger partial charge in [-0.15, -0.1) is 0 Å². The molecule has 5 atom stereocenters. The Morgan fingerprint density at radius 2 is 1.66 bits per heavy atom. The number of hydrogen-bond donors (Lipinski definition) is 1. The highest BCUT2D eigenvalue weighted by Crippen LogP contribution is 2.56. The molecule has 11 rings (SSSR count). The SMILES string of the molecule is CN=[S@@](=O)(c1ccc(-n2ccn(-c3c4c(nn3-c3cc(C)c(F)c(C)c3)CCN(C(=O)c3cc5cc([C@H]6CCOC(C)(C)C6)ccc5n3[C@@]3(c5noc(=O)[nH]5)C[C@@H]3C)[C@H]4C)c2=O)cc1)C1CC1. The molecule has 4 aliphatic rings. The van der Waals surface area contributed by atoms with Gasteiger partial charge in [0, 0.05) is 65.6 Å². The molecule has 2 aliphatic carbocycles. The second kappa shape index (κ2) is 15.4. The molecule has 348 valence electrons. The molecule has 2 saturated carbocycles. The van der Waals surface area contributed by atoms with Gasteiger partial charge in [0.1, 0.15) is 22.9 Å². The standard InChI is InChI=1S/C50H54FN9O6S/c1-28-22-36(23-29(2)43(28)51)60-44(58-20-19-57(48(58)63)35-9-11-37(12-10-35)67(64,52-7)38-13-14-38)42-31(4)56(18-16-39(42)54-60)45(61)41-25-34-24-32(33-17-21-65-49(5,6)27-33)8-15-40(34)59(41)50(26-30(50)3)46-53-47(62)66-55-46/h8-12,15,19-20,22-25,30-31,33,38H,13-14,16-18,21,26-27H2,1-7H3,(H,53,55,62)/t30-,31-,33-,50-,67+/m0/s1. The molecular formula is C50H54FN9O6S. The minimum absolute atomic E-state index is 0.0141. The Labute approximate surface area is 386 Å². The fourth-order valence-corrected chi connectivity index (χ4v) is 13.3. The van der Waals surface area contributed by atoms with Gasteiger partial charge in [0.25, 0.3) is 5.91 Å². The van der Waals surface area contributed by atoms with E-state index < -0.39 is 27.1 Å². The molecule has 0 unspecified atom stereocenters. The van der Waals surface area contributed by atoms with Crippen LogP contribution in [0.2, 0.25) is 0 Å². The molecule has 2 aliphatic heterocycles. The predicted molar refractivity (Wildman–Crippen MR) is 251 cm³/mol. The summed E-state index contributed by atoms with van der Waals surface area (Å²) in [7, 11) is -0.957. The number of rotatable bonds is 9. The molecule has 1 saturated heterocycles. The van der Waals surface area contributed by atoms with Crippen molar-refractivity contribution in [3.05, 3.63) is 139 Å². The van der Waals surface area contributed by atoms with Crippen molar-refractivity contribution < 1.29 is 22.7 Å². The van der Waals surface area contributed by atoms with Gasteiger partial charge in [-0.05, 0) is 150 Å². The molecule has 1 N–H and O–H groups in total. The zero-order valence-corrected chi connectivity index (χ0v) is 39.5. The molecule has 3 fully saturated rings. The average Bonchev–Trinajstić information content (AvgIpc) is 4.04. The Hall–Kier alpha value is -6.33. The lowest BCUT2D eigenvalue weighted by Gasteiger charge is -2.35. The summed E-state index contributed by atoms with van der Waals surface area (Å²) in [5.74, 6) is -0.124. The minimum atomic E-state index is -2.55. The quantitative estimate of drug-likeness (QED) is 0.152. The molecule has 1 amide bonds. The van der Waals surface area contributed by atoms with Crippen LogP contribution in [0.25, 0.3) is 28.1 Å². The Morgan fingerprint density at radius 3 is 2.30 bits per heavy atom. The van der Waals surface area contributed by atoms with Gasteiger partial charge in [0.2, 0.25) is 0 Å². The van der Waals surface area contributed by atoms with Crippen molar-refractivity contribution in [2.75, 3.05) is 20.2 Å². The van der Waals surface area contributed by atoms with Crippen LogP contribution >= 0.6 is 0 Å². The van der Waals surface area contributed by atoms with Crippen LogP contribution in [-0.4, -0.2) is 79.7 Å². The van der Waals surface area contributed by atoms with Crippen molar-refractivity contribution in [3.63, 3.8) is 0 Å². The Morgan fingerprint density at radius 1 is 0.940 bits per heavy atom. The van der Waals surface area contributed by atoms with Crippen molar-refractivity contribution in [1.29, 1.82) is 0 Å². The van der Waals surface area contributed by atoms with Gasteiger partial charge in [-0.25, -0.2) is 27.2 Å². The first-order chi connectivity index (χ1) is 32.0. The molecule has 15 nitrogen and oxygen atoms in total. The number of amides is 1. The van der Waals surface area contributed by atoms with Gasteiger partial charge in [-0.2, -0.15) is 5.10 Å². The normalized spacial score (nSPS) is 23.3. The molecule has 0 spiro atoms.